The second kappa shape index (κ2) is 12.0. The number of nitrogens with one attached hydrogen (secondary N) is 1. The number of hydrogen-bond donors (Lipinski definition) is 1. The maximum atomic E-state index is 12.1. The largest absolute Gasteiger partial charge is 0.516 e. The maximum Gasteiger partial charge on any atom is 0.516 e. The van der Waals surface area contributed by atoms with Crippen LogP contribution >= 0.6 is 0 Å². The number of rotatable bonds is 14. The first-order valence-corrected chi connectivity index (χ1v) is 13.7. The number of halogens is 3. The van der Waals surface area contributed by atoms with E-state index in [0.29, 0.717) is 12.8 Å². The number of unbranched alkanes of at least 4 members (excludes halogenated alkanes) is 8. The van der Waals surface area contributed by atoms with Crippen LogP contribution in [0.25, 0.3) is 0 Å². The standard InChI is InChI=1S/C16H32F3NO4SSi/c1-24-26(2,3)14-12-10-8-6-4-5-7-9-11-13-15(21)20-25(22,23)16(17,18)19/h4-14H2,1-3H3,(H,20,21). The molecule has 0 aliphatic heterocycles. The van der Waals surface area contributed by atoms with E-state index >= 15 is 0 Å². The quantitative estimate of drug-likeness (QED) is 0.327. The van der Waals surface area contributed by atoms with Crippen molar-refractivity contribution in [1.29, 1.82) is 0 Å². The smallest absolute Gasteiger partial charge is 0.420 e. The van der Waals surface area contributed by atoms with E-state index in [2.05, 4.69) is 13.1 Å². The van der Waals surface area contributed by atoms with E-state index in [4.69, 9.17) is 4.43 Å². The van der Waals surface area contributed by atoms with Crippen molar-refractivity contribution in [2.45, 2.75) is 88.9 Å². The molecule has 1 amide bonds. The lowest BCUT2D eigenvalue weighted by Crippen LogP contribution is -2.40. The number of amides is 1. The molecule has 0 rings (SSSR count). The highest BCUT2D eigenvalue weighted by Gasteiger charge is 2.46. The van der Waals surface area contributed by atoms with Crippen LogP contribution in [-0.4, -0.2) is 35.3 Å². The van der Waals surface area contributed by atoms with E-state index < -0.39 is 29.8 Å². The molecule has 0 aromatic rings. The van der Waals surface area contributed by atoms with Crippen LogP contribution in [0.1, 0.15) is 64.2 Å². The molecule has 0 radical (unpaired) electrons. The third kappa shape index (κ3) is 11.9. The van der Waals surface area contributed by atoms with Crippen LogP contribution in [0.2, 0.25) is 19.1 Å². The van der Waals surface area contributed by atoms with Crippen LogP contribution in [0.3, 0.4) is 0 Å². The Morgan fingerprint density at radius 3 is 1.77 bits per heavy atom. The van der Waals surface area contributed by atoms with E-state index in [9.17, 15) is 26.4 Å². The van der Waals surface area contributed by atoms with Gasteiger partial charge in [0, 0.05) is 13.5 Å². The van der Waals surface area contributed by atoms with E-state index in [1.807, 2.05) is 0 Å². The first-order valence-electron chi connectivity index (χ1n) is 9.08. The van der Waals surface area contributed by atoms with Crippen molar-refractivity contribution in [3.63, 3.8) is 0 Å². The topological polar surface area (TPSA) is 72.5 Å². The Morgan fingerprint density at radius 1 is 0.923 bits per heavy atom. The zero-order valence-electron chi connectivity index (χ0n) is 16.0. The van der Waals surface area contributed by atoms with Gasteiger partial charge >= 0.3 is 15.5 Å². The second-order valence-corrected chi connectivity index (χ2v) is 13.2. The summed E-state index contributed by atoms with van der Waals surface area (Å²) in [7, 11) is -5.23. The minimum Gasteiger partial charge on any atom is -0.420 e. The monoisotopic (exact) mass is 419 g/mol. The predicted octanol–water partition coefficient (Wildman–Crippen LogP) is 4.70. The first-order chi connectivity index (χ1) is 11.9. The molecule has 0 saturated carbocycles. The highest BCUT2D eigenvalue weighted by molar-refractivity contribution is 7.90. The summed E-state index contributed by atoms with van der Waals surface area (Å²) in [5.41, 5.74) is -5.45. The minimum atomic E-state index is -5.58. The molecule has 26 heavy (non-hydrogen) atoms. The van der Waals surface area contributed by atoms with E-state index in [-0.39, 0.29) is 6.42 Å². The third-order valence-corrected chi connectivity index (χ3v) is 8.06. The lowest BCUT2D eigenvalue weighted by atomic mass is 10.1. The normalized spacial score (nSPS) is 13.0. The lowest BCUT2D eigenvalue weighted by molar-refractivity contribution is -0.120. The summed E-state index contributed by atoms with van der Waals surface area (Å²) in [5.74, 6) is -1.11. The van der Waals surface area contributed by atoms with Crippen molar-refractivity contribution in [2.24, 2.45) is 0 Å². The van der Waals surface area contributed by atoms with Crippen LogP contribution in [0.5, 0.6) is 0 Å². The molecule has 0 fully saturated rings. The van der Waals surface area contributed by atoms with Gasteiger partial charge in [0.2, 0.25) is 5.91 Å². The molecule has 5 nitrogen and oxygen atoms in total. The van der Waals surface area contributed by atoms with Crippen LogP contribution in [0.4, 0.5) is 13.2 Å². The predicted molar refractivity (Wildman–Crippen MR) is 98.6 cm³/mol. The molecule has 0 bridgehead atoms. The van der Waals surface area contributed by atoms with E-state index in [1.54, 1.807) is 7.11 Å². The Hall–Kier alpha value is -0.613. The highest BCUT2D eigenvalue weighted by Crippen LogP contribution is 2.21. The van der Waals surface area contributed by atoms with Gasteiger partial charge in [-0.2, -0.15) is 21.6 Å². The average molecular weight is 420 g/mol. The molecule has 0 aromatic carbocycles. The van der Waals surface area contributed by atoms with Gasteiger partial charge in [0.25, 0.3) is 0 Å². The van der Waals surface area contributed by atoms with Gasteiger partial charge < -0.3 is 4.43 Å². The van der Waals surface area contributed by atoms with Crippen molar-refractivity contribution < 1.29 is 30.8 Å². The van der Waals surface area contributed by atoms with Gasteiger partial charge in [0.05, 0.1) is 0 Å². The second-order valence-electron chi connectivity index (χ2n) is 7.12. The first kappa shape index (κ1) is 25.4. The molecule has 156 valence electrons. The molecule has 0 saturated heterocycles. The molecule has 0 unspecified atom stereocenters. The van der Waals surface area contributed by atoms with Gasteiger partial charge in [-0.1, -0.05) is 51.4 Å². The molecular formula is C16H32F3NO4SSi. The molecule has 0 heterocycles. The molecule has 0 aliphatic rings. The van der Waals surface area contributed by atoms with Crippen molar-refractivity contribution in [3.8, 4) is 0 Å². The van der Waals surface area contributed by atoms with Gasteiger partial charge in [-0.25, -0.2) is 4.72 Å². The SMILES string of the molecule is CO[Si](C)(C)CCCCCCCCCCCC(=O)NS(=O)(=O)C(F)(F)F. The molecule has 0 aromatic heterocycles. The Bertz CT molecular complexity index is 510. The summed E-state index contributed by atoms with van der Waals surface area (Å²) in [6.45, 7) is 4.43. The molecule has 0 atom stereocenters. The summed E-state index contributed by atoms with van der Waals surface area (Å²) in [4.78, 5) is 11.2. The number of sulfonamides is 1. The van der Waals surface area contributed by atoms with Crippen LogP contribution in [0, 0.1) is 0 Å². The van der Waals surface area contributed by atoms with Crippen LogP contribution in [-0.2, 0) is 19.2 Å². The molecule has 0 aliphatic carbocycles. The van der Waals surface area contributed by atoms with Crippen molar-refractivity contribution in [2.75, 3.05) is 7.11 Å². The van der Waals surface area contributed by atoms with Crippen LogP contribution in [0.15, 0.2) is 0 Å². The molecule has 1 N–H and O–H groups in total. The fraction of sp³-hybridized carbons (Fsp3) is 0.938. The number of hydrogen-bond acceptors (Lipinski definition) is 4. The Labute approximate surface area is 156 Å². The summed E-state index contributed by atoms with van der Waals surface area (Å²) in [5, 5.41) is 0. The van der Waals surface area contributed by atoms with Gasteiger partial charge in [-0.05, 0) is 25.6 Å². The number of carbonyl (C=O) groups is 1. The molecule has 0 spiro atoms. The number of alkyl halides is 3. The third-order valence-electron chi connectivity index (χ3n) is 4.29. The number of carbonyl (C=O) groups excluding carboxylic acids is 1. The Morgan fingerprint density at radius 2 is 1.35 bits per heavy atom. The zero-order chi connectivity index (χ0) is 20.3. The van der Waals surface area contributed by atoms with Crippen LogP contribution < -0.4 is 4.72 Å². The Kier molecular flexibility index (Phi) is 11.7. The fourth-order valence-corrected chi connectivity index (χ4v) is 4.26. The van der Waals surface area contributed by atoms with Crippen molar-refractivity contribution >= 4 is 24.2 Å². The minimum absolute atomic E-state index is 0.214. The van der Waals surface area contributed by atoms with Gasteiger partial charge in [-0.3, -0.25) is 4.79 Å². The van der Waals surface area contributed by atoms with Gasteiger partial charge in [0.1, 0.15) is 0 Å². The van der Waals surface area contributed by atoms with Crippen molar-refractivity contribution in [3.05, 3.63) is 0 Å². The summed E-state index contributed by atoms with van der Waals surface area (Å²) in [6, 6.07) is 1.18. The average Bonchev–Trinajstić information content (AvgIpc) is 2.51. The summed E-state index contributed by atoms with van der Waals surface area (Å²) < 4.78 is 64.4. The molecular weight excluding hydrogens is 387 g/mol. The van der Waals surface area contributed by atoms with E-state index in [1.165, 1.54) is 25.3 Å². The summed E-state index contributed by atoms with van der Waals surface area (Å²) in [6.07, 6.45) is 8.61. The maximum absolute atomic E-state index is 12.1. The van der Waals surface area contributed by atoms with Gasteiger partial charge in [-0.15, -0.1) is 0 Å². The molecule has 10 heteroatoms. The fourth-order valence-electron chi connectivity index (χ4n) is 2.43. The van der Waals surface area contributed by atoms with Gasteiger partial charge in [0.15, 0.2) is 8.32 Å². The zero-order valence-corrected chi connectivity index (χ0v) is 17.8. The van der Waals surface area contributed by atoms with E-state index in [0.717, 1.165) is 30.4 Å². The lowest BCUT2D eigenvalue weighted by Gasteiger charge is -2.19. The summed E-state index contributed by atoms with van der Waals surface area (Å²) >= 11 is 0. The highest BCUT2D eigenvalue weighted by atomic mass is 32.2. The van der Waals surface area contributed by atoms with Crippen molar-refractivity contribution in [1.82, 2.24) is 4.72 Å². The Balaban J connectivity index is 3.56.